The van der Waals surface area contributed by atoms with E-state index in [0.29, 0.717) is 44.7 Å². The van der Waals surface area contributed by atoms with E-state index in [0.717, 1.165) is 30.5 Å². The van der Waals surface area contributed by atoms with E-state index in [4.69, 9.17) is 37.8 Å². The predicted octanol–water partition coefficient (Wildman–Crippen LogP) is 5.07. The van der Waals surface area contributed by atoms with Crippen molar-refractivity contribution in [2.45, 2.75) is 12.5 Å². The molecule has 1 aromatic heterocycles. The molecule has 1 atom stereocenters. The monoisotopic (exact) mass is 517 g/mol. The Labute approximate surface area is 215 Å². The van der Waals surface area contributed by atoms with Crippen molar-refractivity contribution in [3.8, 4) is 17.0 Å². The Morgan fingerprint density at radius 1 is 1.23 bits per heavy atom. The number of nitrogens with one attached hydrogen (secondary N) is 2. The smallest absolute Gasteiger partial charge is 0.156 e. The molecule has 0 radical (unpaired) electrons. The highest BCUT2D eigenvalue weighted by molar-refractivity contribution is 6.37. The van der Waals surface area contributed by atoms with Gasteiger partial charge in [-0.3, -0.25) is 9.59 Å². The first-order valence-electron chi connectivity index (χ1n) is 10.8. The largest absolute Gasteiger partial charge is 0.494 e. The number of hydrogen-bond acceptors (Lipinski definition) is 7. The number of aromatic nitrogens is 2. The molecule has 35 heavy (non-hydrogen) atoms. The fourth-order valence-electron chi connectivity index (χ4n) is 3.82. The number of para-hydroxylation sites is 1. The number of fused-ring (bicyclic) bond motifs is 1. The third-order valence-electron chi connectivity index (χ3n) is 5.23. The van der Waals surface area contributed by atoms with Gasteiger partial charge >= 0.3 is 0 Å². The number of nitrogens with two attached hydrogens (primary N) is 1. The van der Waals surface area contributed by atoms with E-state index >= 15 is 0 Å². The van der Waals surface area contributed by atoms with Crippen LogP contribution in [-0.2, 0) is 4.79 Å². The van der Waals surface area contributed by atoms with E-state index in [-0.39, 0.29) is 6.04 Å². The van der Waals surface area contributed by atoms with Crippen molar-refractivity contribution >= 4 is 47.3 Å². The minimum atomic E-state index is -0.00783. The second kappa shape index (κ2) is 13.5. The van der Waals surface area contributed by atoms with Gasteiger partial charge in [0.05, 0.1) is 28.8 Å². The SMILES string of the molecule is C=CC=O.CN.CNc1ccccc1C1CCNc2c(C=O)c(-c3cc(Cl)c(OC)c(Cl)c3)nn21. The van der Waals surface area contributed by atoms with E-state index in [1.165, 1.54) is 20.2 Å². The molecule has 186 valence electrons. The van der Waals surface area contributed by atoms with Crippen LogP contribution in [0, 0.1) is 0 Å². The van der Waals surface area contributed by atoms with Crippen molar-refractivity contribution in [2.75, 3.05) is 38.4 Å². The molecule has 0 amide bonds. The molecular weight excluding hydrogens is 489 g/mol. The zero-order valence-corrected chi connectivity index (χ0v) is 21.4. The fraction of sp³-hybridized carbons (Fsp3) is 0.240. The number of rotatable bonds is 6. The lowest BCUT2D eigenvalue weighted by atomic mass is 10.00. The van der Waals surface area contributed by atoms with Crippen molar-refractivity contribution in [3.63, 3.8) is 0 Å². The van der Waals surface area contributed by atoms with Gasteiger partial charge in [0.25, 0.3) is 0 Å². The summed E-state index contributed by atoms with van der Waals surface area (Å²) in [5.74, 6) is 1.09. The number of nitrogens with zero attached hydrogens (tertiary/aromatic N) is 2. The zero-order chi connectivity index (χ0) is 26.0. The molecule has 4 rings (SSSR count). The highest BCUT2D eigenvalue weighted by Gasteiger charge is 2.29. The van der Waals surface area contributed by atoms with Crippen LogP contribution >= 0.6 is 23.2 Å². The van der Waals surface area contributed by atoms with E-state index in [1.54, 1.807) is 12.1 Å². The summed E-state index contributed by atoms with van der Waals surface area (Å²) in [4.78, 5) is 21.1. The third kappa shape index (κ3) is 6.03. The van der Waals surface area contributed by atoms with E-state index < -0.39 is 0 Å². The first-order valence-corrected chi connectivity index (χ1v) is 11.5. The van der Waals surface area contributed by atoms with Crippen molar-refractivity contribution in [1.82, 2.24) is 9.78 Å². The zero-order valence-electron chi connectivity index (χ0n) is 19.8. The van der Waals surface area contributed by atoms with Crippen molar-refractivity contribution < 1.29 is 14.3 Å². The number of benzene rings is 2. The molecular formula is C25H29Cl2N5O3. The summed E-state index contributed by atoms with van der Waals surface area (Å²) >= 11 is 12.6. The van der Waals surface area contributed by atoms with Gasteiger partial charge < -0.3 is 21.1 Å². The van der Waals surface area contributed by atoms with Gasteiger partial charge in [0.1, 0.15) is 17.8 Å². The molecule has 1 aliphatic rings. The van der Waals surface area contributed by atoms with Crippen LogP contribution in [0.1, 0.15) is 28.4 Å². The van der Waals surface area contributed by atoms with Gasteiger partial charge in [0.15, 0.2) is 12.0 Å². The average molecular weight is 518 g/mol. The summed E-state index contributed by atoms with van der Waals surface area (Å²) in [7, 11) is 4.90. The fourth-order valence-corrected chi connectivity index (χ4v) is 4.46. The molecule has 0 aliphatic carbocycles. The van der Waals surface area contributed by atoms with Crippen LogP contribution in [0.15, 0.2) is 49.1 Å². The number of halogens is 2. The van der Waals surface area contributed by atoms with Crippen LogP contribution in [0.5, 0.6) is 5.75 Å². The maximum absolute atomic E-state index is 12.0. The number of methoxy groups -OCH3 is 1. The molecule has 2 heterocycles. The molecule has 0 saturated heterocycles. The molecule has 10 heteroatoms. The molecule has 1 unspecified atom stereocenters. The van der Waals surface area contributed by atoms with Crippen LogP contribution < -0.4 is 21.1 Å². The molecule has 8 nitrogen and oxygen atoms in total. The number of anilines is 2. The normalized spacial score (nSPS) is 13.5. The Morgan fingerprint density at radius 2 is 1.86 bits per heavy atom. The van der Waals surface area contributed by atoms with Gasteiger partial charge in [-0.15, -0.1) is 0 Å². The molecule has 4 N–H and O–H groups in total. The third-order valence-corrected chi connectivity index (χ3v) is 5.79. The van der Waals surface area contributed by atoms with E-state index in [1.807, 2.05) is 29.9 Å². The number of allylic oxidation sites excluding steroid dienone is 1. The number of hydrogen-bond donors (Lipinski definition) is 3. The number of aldehydes is 2. The van der Waals surface area contributed by atoms with Crippen LogP contribution in [0.4, 0.5) is 11.5 Å². The summed E-state index contributed by atoms with van der Waals surface area (Å²) in [5, 5.41) is 12.1. The maximum Gasteiger partial charge on any atom is 0.156 e. The summed E-state index contributed by atoms with van der Waals surface area (Å²) in [6.07, 6.45) is 3.49. The van der Waals surface area contributed by atoms with E-state index in [9.17, 15) is 4.79 Å². The number of carbonyl (C=O) groups excluding carboxylic acids is 2. The topological polar surface area (TPSA) is 111 Å². The second-order valence-electron chi connectivity index (χ2n) is 7.09. The van der Waals surface area contributed by atoms with Gasteiger partial charge in [-0.2, -0.15) is 5.10 Å². The van der Waals surface area contributed by atoms with Crippen LogP contribution in [0.3, 0.4) is 0 Å². The van der Waals surface area contributed by atoms with Crippen LogP contribution in [-0.4, -0.2) is 50.1 Å². The lowest BCUT2D eigenvalue weighted by Crippen LogP contribution is -2.25. The van der Waals surface area contributed by atoms with Gasteiger partial charge in [-0.1, -0.05) is 48.0 Å². The lowest BCUT2D eigenvalue weighted by Gasteiger charge is -2.27. The summed E-state index contributed by atoms with van der Waals surface area (Å²) in [5.41, 5.74) is 8.32. The van der Waals surface area contributed by atoms with Gasteiger partial charge in [-0.05, 0) is 43.3 Å². The van der Waals surface area contributed by atoms with Crippen molar-refractivity contribution in [2.24, 2.45) is 5.73 Å². The Balaban J connectivity index is 0.000000655. The predicted molar refractivity (Wildman–Crippen MR) is 143 cm³/mol. The summed E-state index contributed by atoms with van der Waals surface area (Å²) < 4.78 is 7.11. The standard InChI is InChI=1S/C21H20Cl2N4O2.C3H4O.CH5N/c1-24-17-6-4-3-5-13(17)18-7-8-25-21-14(11-28)19(26-27(18)21)12-9-15(22)20(29-2)16(23)10-12;1-2-3-4;1-2/h3-6,9-11,18,24-25H,7-8H2,1-2H3;2-3H,1H2;2H2,1H3. The average Bonchev–Trinajstić information content (AvgIpc) is 3.28. The minimum absolute atomic E-state index is 0.00783. The Kier molecular flexibility index (Phi) is 10.8. The molecule has 3 aromatic rings. The Bertz CT molecular complexity index is 1150. The Hall–Kier alpha value is -3.33. The lowest BCUT2D eigenvalue weighted by molar-refractivity contribution is -0.104. The molecule has 2 aromatic carbocycles. The highest BCUT2D eigenvalue weighted by Crippen LogP contribution is 2.41. The molecule has 0 bridgehead atoms. The Morgan fingerprint density at radius 3 is 2.40 bits per heavy atom. The van der Waals surface area contributed by atoms with Gasteiger partial charge in [0.2, 0.25) is 0 Å². The van der Waals surface area contributed by atoms with E-state index in [2.05, 4.69) is 29.0 Å². The van der Waals surface area contributed by atoms with Crippen molar-refractivity contribution in [1.29, 1.82) is 0 Å². The van der Waals surface area contributed by atoms with Crippen LogP contribution in [0.25, 0.3) is 11.3 Å². The molecule has 1 aliphatic heterocycles. The minimum Gasteiger partial charge on any atom is -0.494 e. The molecule has 0 spiro atoms. The maximum atomic E-state index is 12.0. The molecule has 0 fully saturated rings. The summed E-state index contributed by atoms with van der Waals surface area (Å²) in [6.45, 7) is 3.85. The second-order valence-corrected chi connectivity index (χ2v) is 7.90. The first-order chi connectivity index (χ1) is 17.0. The number of ether oxygens (including phenoxy) is 1. The van der Waals surface area contributed by atoms with Gasteiger partial charge in [-0.25, -0.2) is 4.68 Å². The van der Waals surface area contributed by atoms with Crippen LogP contribution in [0.2, 0.25) is 10.0 Å². The quantitative estimate of drug-likeness (QED) is 0.309. The number of carbonyl (C=O) groups is 2. The highest BCUT2D eigenvalue weighted by atomic mass is 35.5. The summed E-state index contributed by atoms with van der Waals surface area (Å²) in [6, 6.07) is 11.5. The first kappa shape index (κ1) is 27.9. The molecule has 0 saturated carbocycles. The van der Waals surface area contributed by atoms with Crippen molar-refractivity contribution in [3.05, 3.63) is 70.2 Å². The van der Waals surface area contributed by atoms with Gasteiger partial charge in [0, 0.05) is 24.8 Å².